The molecule has 0 atom stereocenters. The van der Waals surface area contributed by atoms with E-state index in [1.807, 2.05) is 12.1 Å². The van der Waals surface area contributed by atoms with Gasteiger partial charge < -0.3 is 14.8 Å². The van der Waals surface area contributed by atoms with E-state index in [1.54, 1.807) is 32.4 Å². The van der Waals surface area contributed by atoms with Crippen LogP contribution in [0.25, 0.3) is 0 Å². The second-order valence-electron chi connectivity index (χ2n) is 4.65. The minimum Gasteiger partial charge on any atom is -0.439 e. The molecule has 1 heterocycles. The first-order chi connectivity index (χ1) is 10.2. The summed E-state index contributed by atoms with van der Waals surface area (Å²) in [6.45, 7) is 3.73. The topological polar surface area (TPSA) is 43.4 Å². The number of rotatable bonds is 7. The van der Waals surface area contributed by atoms with Gasteiger partial charge in [0.25, 0.3) is 0 Å². The van der Waals surface area contributed by atoms with Crippen molar-refractivity contribution in [3.63, 3.8) is 0 Å². The van der Waals surface area contributed by atoms with E-state index in [1.165, 1.54) is 6.07 Å². The predicted molar refractivity (Wildman–Crippen MR) is 79.0 cm³/mol. The largest absolute Gasteiger partial charge is 0.439 e. The van der Waals surface area contributed by atoms with E-state index in [2.05, 4.69) is 10.3 Å². The van der Waals surface area contributed by atoms with E-state index < -0.39 is 0 Å². The number of hydrogen-bond acceptors (Lipinski definition) is 4. The highest BCUT2D eigenvalue weighted by Gasteiger charge is 2.07. The lowest BCUT2D eigenvalue weighted by Gasteiger charge is -2.11. The van der Waals surface area contributed by atoms with Crippen LogP contribution in [0.15, 0.2) is 36.5 Å². The summed E-state index contributed by atoms with van der Waals surface area (Å²) in [5, 5.41) is 3.24. The van der Waals surface area contributed by atoms with Crippen LogP contribution in [-0.2, 0) is 11.3 Å². The Hall–Kier alpha value is -1.98. The molecule has 0 aliphatic carbocycles. The summed E-state index contributed by atoms with van der Waals surface area (Å²) in [6, 6.07) is 8.45. The van der Waals surface area contributed by atoms with Crippen LogP contribution in [0.3, 0.4) is 0 Å². The average Bonchev–Trinajstić information content (AvgIpc) is 2.49. The van der Waals surface area contributed by atoms with Crippen molar-refractivity contribution in [1.82, 2.24) is 10.3 Å². The maximum atomic E-state index is 13.3. The highest BCUT2D eigenvalue weighted by atomic mass is 19.1. The zero-order chi connectivity index (χ0) is 15.1. The predicted octanol–water partition coefficient (Wildman–Crippen LogP) is 3.06. The van der Waals surface area contributed by atoms with Crippen LogP contribution in [0, 0.1) is 12.7 Å². The second-order valence-corrected chi connectivity index (χ2v) is 4.65. The van der Waals surface area contributed by atoms with Crippen molar-refractivity contribution >= 4 is 0 Å². The van der Waals surface area contributed by atoms with Crippen LogP contribution in [0.4, 0.5) is 4.39 Å². The number of methoxy groups -OCH3 is 1. The molecule has 2 aromatic rings. The van der Waals surface area contributed by atoms with Gasteiger partial charge in [0.1, 0.15) is 11.6 Å². The molecule has 0 unspecified atom stereocenters. The number of aryl methyl sites for hydroxylation is 1. The molecule has 1 N–H and O–H groups in total. The van der Waals surface area contributed by atoms with E-state index in [9.17, 15) is 4.39 Å². The van der Waals surface area contributed by atoms with Crippen LogP contribution in [0.1, 0.15) is 11.1 Å². The van der Waals surface area contributed by atoms with Gasteiger partial charge in [-0.1, -0.05) is 6.07 Å². The number of benzene rings is 1. The number of aromatic nitrogens is 1. The van der Waals surface area contributed by atoms with Gasteiger partial charge in [-0.25, -0.2) is 9.37 Å². The summed E-state index contributed by atoms with van der Waals surface area (Å²) in [4.78, 5) is 4.24. The summed E-state index contributed by atoms with van der Waals surface area (Å²) in [7, 11) is 1.66. The molecule has 0 aliphatic rings. The van der Waals surface area contributed by atoms with Gasteiger partial charge in [-0.3, -0.25) is 0 Å². The zero-order valence-electron chi connectivity index (χ0n) is 12.2. The van der Waals surface area contributed by atoms with E-state index >= 15 is 0 Å². The monoisotopic (exact) mass is 290 g/mol. The fraction of sp³-hybridized carbons (Fsp3) is 0.312. The molecule has 21 heavy (non-hydrogen) atoms. The molecule has 0 bridgehead atoms. The van der Waals surface area contributed by atoms with Gasteiger partial charge in [-0.05, 0) is 36.8 Å². The molecule has 0 aliphatic heterocycles. The molecule has 0 saturated carbocycles. The molecule has 0 saturated heterocycles. The Labute approximate surface area is 123 Å². The number of halogens is 1. The molecule has 0 amide bonds. The molecule has 0 radical (unpaired) electrons. The van der Waals surface area contributed by atoms with Gasteiger partial charge in [-0.15, -0.1) is 0 Å². The third-order valence-corrected chi connectivity index (χ3v) is 2.99. The number of pyridine rings is 1. The standard InChI is InChI=1S/C16H19FN2O2/c1-12-10-14(5-6-15(12)17)21-16-13(4-3-7-19-16)11-18-8-9-20-2/h3-7,10,18H,8-9,11H2,1-2H3. The van der Waals surface area contributed by atoms with Gasteiger partial charge in [0.15, 0.2) is 0 Å². The van der Waals surface area contributed by atoms with Crippen molar-refractivity contribution in [2.45, 2.75) is 13.5 Å². The first-order valence-electron chi connectivity index (χ1n) is 6.78. The van der Waals surface area contributed by atoms with Gasteiger partial charge in [0, 0.05) is 32.0 Å². The van der Waals surface area contributed by atoms with Crippen LogP contribution < -0.4 is 10.1 Å². The van der Waals surface area contributed by atoms with Crippen molar-refractivity contribution < 1.29 is 13.9 Å². The normalized spacial score (nSPS) is 10.6. The number of hydrogen-bond donors (Lipinski definition) is 1. The second kappa shape index (κ2) is 7.71. The van der Waals surface area contributed by atoms with Crippen molar-refractivity contribution in [3.8, 4) is 11.6 Å². The molecule has 1 aromatic carbocycles. The van der Waals surface area contributed by atoms with Gasteiger partial charge in [0.2, 0.25) is 5.88 Å². The minimum atomic E-state index is -0.246. The van der Waals surface area contributed by atoms with E-state index in [0.29, 0.717) is 30.3 Å². The van der Waals surface area contributed by atoms with Gasteiger partial charge >= 0.3 is 0 Å². The van der Waals surface area contributed by atoms with Crippen LogP contribution in [-0.4, -0.2) is 25.2 Å². The van der Waals surface area contributed by atoms with Crippen molar-refractivity contribution in [2.75, 3.05) is 20.3 Å². The van der Waals surface area contributed by atoms with Crippen LogP contribution >= 0.6 is 0 Å². The summed E-state index contributed by atoms with van der Waals surface area (Å²) in [5.41, 5.74) is 1.48. The smallest absolute Gasteiger partial charge is 0.223 e. The molecule has 112 valence electrons. The van der Waals surface area contributed by atoms with E-state index in [4.69, 9.17) is 9.47 Å². The summed E-state index contributed by atoms with van der Waals surface area (Å²) < 4.78 is 24.0. The summed E-state index contributed by atoms with van der Waals surface area (Å²) >= 11 is 0. The highest BCUT2D eigenvalue weighted by molar-refractivity contribution is 5.34. The fourth-order valence-electron chi connectivity index (χ4n) is 1.84. The summed E-state index contributed by atoms with van der Waals surface area (Å²) in [6.07, 6.45) is 1.67. The number of ether oxygens (including phenoxy) is 2. The van der Waals surface area contributed by atoms with Crippen LogP contribution in [0.5, 0.6) is 11.6 Å². The lowest BCUT2D eigenvalue weighted by molar-refractivity contribution is 0.199. The lowest BCUT2D eigenvalue weighted by Crippen LogP contribution is -2.19. The summed E-state index contributed by atoms with van der Waals surface area (Å²) in [5.74, 6) is 0.851. The Morgan fingerprint density at radius 2 is 2.14 bits per heavy atom. The van der Waals surface area contributed by atoms with Gasteiger partial charge in [-0.2, -0.15) is 0 Å². The quantitative estimate of drug-likeness (QED) is 0.796. The first kappa shape index (κ1) is 15.4. The Balaban J connectivity index is 2.06. The minimum absolute atomic E-state index is 0.246. The Morgan fingerprint density at radius 3 is 2.90 bits per heavy atom. The Morgan fingerprint density at radius 1 is 1.29 bits per heavy atom. The van der Waals surface area contributed by atoms with Crippen molar-refractivity contribution in [2.24, 2.45) is 0 Å². The lowest BCUT2D eigenvalue weighted by atomic mass is 10.2. The molecule has 2 rings (SSSR count). The average molecular weight is 290 g/mol. The Bertz CT molecular complexity index is 590. The number of nitrogens with zero attached hydrogens (tertiary/aromatic N) is 1. The van der Waals surface area contributed by atoms with Gasteiger partial charge in [0.05, 0.1) is 6.61 Å². The van der Waals surface area contributed by atoms with Crippen molar-refractivity contribution in [1.29, 1.82) is 0 Å². The molecule has 5 heteroatoms. The molecule has 1 aromatic heterocycles. The molecule has 0 fully saturated rings. The SMILES string of the molecule is COCCNCc1cccnc1Oc1ccc(F)c(C)c1. The van der Waals surface area contributed by atoms with Crippen LogP contribution in [0.2, 0.25) is 0 Å². The van der Waals surface area contributed by atoms with Crippen molar-refractivity contribution in [3.05, 3.63) is 53.5 Å². The molecule has 0 spiro atoms. The fourth-order valence-corrected chi connectivity index (χ4v) is 1.84. The first-order valence-corrected chi connectivity index (χ1v) is 6.78. The third-order valence-electron chi connectivity index (χ3n) is 2.99. The maximum absolute atomic E-state index is 13.3. The zero-order valence-corrected chi connectivity index (χ0v) is 12.2. The highest BCUT2D eigenvalue weighted by Crippen LogP contribution is 2.24. The molecular weight excluding hydrogens is 271 g/mol. The third kappa shape index (κ3) is 4.51. The Kier molecular flexibility index (Phi) is 5.66. The maximum Gasteiger partial charge on any atom is 0.223 e. The molecular formula is C16H19FN2O2. The van der Waals surface area contributed by atoms with E-state index in [0.717, 1.165) is 12.1 Å². The number of nitrogens with one attached hydrogen (secondary N) is 1. The van der Waals surface area contributed by atoms with E-state index in [-0.39, 0.29) is 5.82 Å². The molecule has 4 nitrogen and oxygen atoms in total.